The van der Waals surface area contributed by atoms with E-state index in [-0.39, 0.29) is 31.1 Å². The molecule has 1 atom stereocenters. The molecule has 6 heteroatoms. The standard InChI is InChI=1S/C76H132O6/c1-4-7-10-13-16-19-22-24-26-28-30-32-33-34-35-36-37-38-39-40-41-42-43-45-46-48-50-52-54-57-60-63-66-69-75(78)81-72-73(71-80-74(77)68-65-62-59-56-21-18-15-12-9-6-3)82-76(79)70-67-64-61-58-55-53-51-49-47-44-31-29-27-25-23-20-17-14-11-8-5-2/h7,10,16,19,23-26,29-32,34-35,37-38,73H,4-6,8-9,11-15,17-18,20-22,27-28,33,36,39-72H2,1-3H3/b10-7-,19-16-,25-23-,26-24-,31-29-,32-30-,35-34-,38-37-. The van der Waals surface area contributed by atoms with Crippen molar-refractivity contribution in [3.05, 3.63) is 97.2 Å². The van der Waals surface area contributed by atoms with Crippen molar-refractivity contribution >= 4 is 17.9 Å². The van der Waals surface area contributed by atoms with E-state index in [1.165, 1.54) is 205 Å². The van der Waals surface area contributed by atoms with E-state index < -0.39 is 6.10 Å². The van der Waals surface area contributed by atoms with Crippen molar-refractivity contribution in [3.63, 3.8) is 0 Å². The summed E-state index contributed by atoms with van der Waals surface area (Å²) in [6, 6.07) is 0. The van der Waals surface area contributed by atoms with Gasteiger partial charge in [0.25, 0.3) is 0 Å². The Morgan fingerprint density at radius 1 is 0.256 bits per heavy atom. The van der Waals surface area contributed by atoms with Crippen molar-refractivity contribution < 1.29 is 28.6 Å². The van der Waals surface area contributed by atoms with Gasteiger partial charge in [-0.2, -0.15) is 0 Å². The topological polar surface area (TPSA) is 78.9 Å². The van der Waals surface area contributed by atoms with E-state index in [2.05, 4.69) is 118 Å². The fourth-order valence-electron chi connectivity index (χ4n) is 10.1. The van der Waals surface area contributed by atoms with Crippen LogP contribution in [0, 0.1) is 0 Å². The molecule has 0 aromatic carbocycles. The van der Waals surface area contributed by atoms with Gasteiger partial charge in [-0.25, -0.2) is 0 Å². The normalized spacial score (nSPS) is 12.7. The molecule has 0 aliphatic carbocycles. The fraction of sp³-hybridized carbons (Fsp3) is 0.750. The Morgan fingerprint density at radius 3 is 0.744 bits per heavy atom. The molecule has 0 aliphatic rings. The maximum atomic E-state index is 12.9. The molecule has 0 fully saturated rings. The van der Waals surface area contributed by atoms with Gasteiger partial charge >= 0.3 is 17.9 Å². The second-order valence-electron chi connectivity index (χ2n) is 23.4. The van der Waals surface area contributed by atoms with Crippen molar-refractivity contribution in [2.75, 3.05) is 13.2 Å². The average molecular weight is 1140 g/mol. The molecule has 0 N–H and O–H groups in total. The Hall–Kier alpha value is -3.67. The molecular weight excluding hydrogens is 1010 g/mol. The number of hydrogen-bond donors (Lipinski definition) is 0. The number of carbonyl (C=O) groups is 3. The molecule has 0 radical (unpaired) electrons. The van der Waals surface area contributed by atoms with Crippen molar-refractivity contribution in [2.24, 2.45) is 0 Å². The van der Waals surface area contributed by atoms with Crippen molar-refractivity contribution in [1.29, 1.82) is 0 Å². The number of unbranched alkanes of at least 4 members (excludes halogenated alkanes) is 37. The summed E-state index contributed by atoms with van der Waals surface area (Å²) in [5.74, 6) is -0.865. The van der Waals surface area contributed by atoms with Crippen molar-refractivity contribution in [2.45, 2.75) is 354 Å². The molecule has 0 heterocycles. The lowest BCUT2D eigenvalue weighted by Gasteiger charge is -2.18. The maximum absolute atomic E-state index is 12.9. The fourth-order valence-corrected chi connectivity index (χ4v) is 10.1. The van der Waals surface area contributed by atoms with Crippen LogP contribution in [0.5, 0.6) is 0 Å². The molecule has 0 aliphatic heterocycles. The molecule has 82 heavy (non-hydrogen) atoms. The molecule has 472 valence electrons. The van der Waals surface area contributed by atoms with E-state index in [4.69, 9.17) is 14.2 Å². The quantitative estimate of drug-likeness (QED) is 0.0261. The molecule has 0 bridgehead atoms. The van der Waals surface area contributed by atoms with Crippen LogP contribution in [0.2, 0.25) is 0 Å². The first-order valence-corrected chi connectivity index (χ1v) is 35.2. The van der Waals surface area contributed by atoms with Crippen molar-refractivity contribution in [1.82, 2.24) is 0 Å². The van der Waals surface area contributed by atoms with Gasteiger partial charge in [0.1, 0.15) is 13.2 Å². The Balaban J connectivity index is 4.16. The van der Waals surface area contributed by atoms with Gasteiger partial charge in [-0.3, -0.25) is 14.4 Å². The first kappa shape index (κ1) is 78.3. The summed E-state index contributed by atoms with van der Waals surface area (Å²) >= 11 is 0. The predicted octanol–water partition coefficient (Wildman–Crippen LogP) is 24.4. The number of allylic oxidation sites excluding steroid dienone is 16. The molecule has 0 aromatic rings. The van der Waals surface area contributed by atoms with E-state index in [1.54, 1.807) is 0 Å². The number of rotatable bonds is 64. The zero-order valence-electron chi connectivity index (χ0n) is 54.2. The average Bonchev–Trinajstić information content (AvgIpc) is 3.48. The molecule has 0 amide bonds. The summed E-state index contributed by atoms with van der Waals surface area (Å²) in [4.78, 5) is 38.3. The number of ether oxygens (including phenoxy) is 3. The molecule has 1 unspecified atom stereocenters. The van der Waals surface area contributed by atoms with Crippen LogP contribution in [0.1, 0.15) is 348 Å². The monoisotopic (exact) mass is 1140 g/mol. The van der Waals surface area contributed by atoms with E-state index in [9.17, 15) is 14.4 Å². The Morgan fingerprint density at radius 2 is 0.476 bits per heavy atom. The SMILES string of the molecule is CC/C=C\C/C=C\C/C=C\C/C=C\C/C=C\C/C=C\CCCCCCCCCCCCCCCCC(=O)OCC(COC(=O)CCCCCCCCCCCC)OC(=O)CCCCCCCCCCC/C=C\C/C=C\CCCCCCC. The van der Waals surface area contributed by atoms with E-state index >= 15 is 0 Å². The molecule has 0 saturated heterocycles. The van der Waals surface area contributed by atoms with Crippen LogP contribution in [0.3, 0.4) is 0 Å². The van der Waals surface area contributed by atoms with Crippen LogP contribution in [0.25, 0.3) is 0 Å². The first-order chi connectivity index (χ1) is 40.5. The largest absolute Gasteiger partial charge is 0.462 e. The smallest absolute Gasteiger partial charge is 0.306 e. The second kappa shape index (κ2) is 69.8. The van der Waals surface area contributed by atoms with Crippen LogP contribution < -0.4 is 0 Å². The highest BCUT2D eigenvalue weighted by molar-refractivity contribution is 5.71. The van der Waals surface area contributed by atoms with Gasteiger partial charge in [-0.05, 0) is 103 Å². The Bertz CT molecular complexity index is 1590. The third-order valence-corrected chi connectivity index (χ3v) is 15.3. The lowest BCUT2D eigenvalue weighted by molar-refractivity contribution is -0.167. The summed E-state index contributed by atoms with van der Waals surface area (Å²) in [6.07, 6.45) is 94.4. The molecule has 0 aromatic heterocycles. The highest BCUT2D eigenvalue weighted by Gasteiger charge is 2.19. The van der Waals surface area contributed by atoms with Crippen LogP contribution in [0.15, 0.2) is 97.2 Å². The lowest BCUT2D eigenvalue weighted by atomic mass is 10.0. The minimum Gasteiger partial charge on any atom is -0.462 e. The van der Waals surface area contributed by atoms with E-state index in [0.29, 0.717) is 19.3 Å². The Kier molecular flexibility index (Phi) is 66.7. The van der Waals surface area contributed by atoms with E-state index in [1.807, 2.05) is 0 Å². The number of hydrogen-bond acceptors (Lipinski definition) is 6. The van der Waals surface area contributed by atoms with E-state index in [0.717, 1.165) is 103 Å². The second-order valence-corrected chi connectivity index (χ2v) is 23.4. The highest BCUT2D eigenvalue weighted by atomic mass is 16.6. The van der Waals surface area contributed by atoms with Crippen LogP contribution >= 0.6 is 0 Å². The minimum atomic E-state index is -0.778. The van der Waals surface area contributed by atoms with Crippen LogP contribution in [-0.4, -0.2) is 37.2 Å². The van der Waals surface area contributed by atoms with Gasteiger partial charge < -0.3 is 14.2 Å². The molecule has 6 nitrogen and oxygen atoms in total. The van der Waals surface area contributed by atoms with Gasteiger partial charge in [-0.1, -0.05) is 323 Å². The summed E-state index contributed by atoms with van der Waals surface area (Å²) in [5, 5.41) is 0. The van der Waals surface area contributed by atoms with Crippen LogP contribution in [-0.2, 0) is 28.6 Å². The maximum Gasteiger partial charge on any atom is 0.306 e. The van der Waals surface area contributed by atoms with Gasteiger partial charge in [0, 0.05) is 19.3 Å². The lowest BCUT2D eigenvalue weighted by Crippen LogP contribution is -2.30. The molecule has 0 saturated carbocycles. The van der Waals surface area contributed by atoms with Crippen molar-refractivity contribution in [3.8, 4) is 0 Å². The van der Waals surface area contributed by atoms with Gasteiger partial charge in [0.15, 0.2) is 6.10 Å². The summed E-state index contributed by atoms with van der Waals surface area (Å²) < 4.78 is 16.9. The zero-order chi connectivity index (χ0) is 59.2. The van der Waals surface area contributed by atoms with Crippen LogP contribution in [0.4, 0.5) is 0 Å². The molecular formula is C76H132O6. The third-order valence-electron chi connectivity index (χ3n) is 15.3. The summed E-state index contributed by atoms with van der Waals surface area (Å²) in [7, 11) is 0. The number of esters is 3. The van der Waals surface area contributed by atoms with Gasteiger partial charge in [0.05, 0.1) is 0 Å². The van der Waals surface area contributed by atoms with Gasteiger partial charge in [0.2, 0.25) is 0 Å². The third kappa shape index (κ3) is 67.1. The number of carbonyl (C=O) groups excluding carboxylic acids is 3. The molecule has 0 rings (SSSR count). The summed E-state index contributed by atoms with van der Waals surface area (Å²) in [6.45, 7) is 6.54. The Labute approximate surface area is 508 Å². The minimum absolute atomic E-state index is 0.0745. The highest BCUT2D eigenvalue weighted by Crippen LogP contribution is 2.17. The summed E-state index contributed by atoms with van der Waals surface area (Å²) in [5.41, 5.74) is 0. The predicted molar refractivity (Wildman–Crippen MR) is 357 cm³/mol. The first-order valence-electron chi connectivity index (χ1n) is 35.2. The molecule has 0 spiro atoms. The van der Waals surface area contributed by atoms with Gasteiger partial charge in [-0.15, -0.1) is 0 Å². The zero-order valence-corrected chi connectivity index (χ0v) is 54.2.